The van der Waals surface area contributed by atoms with Gasteiger partial charge in [-0.1, -0.05) is 17.2 Å². The predicted molar refractivity (Wildman–Crippen MR) is 64.6 cm³/mol. The average Bonchev–Trinajstić information content (AvgIpc) is 2.37. The van der Waals surface area contributed by atoms with Crippen molar-refractivity contribution in [3.05, 3.63) is 51.4 Å². The van der Waals surface area contributed by atoms with Crippen LogP contribution in [0.25, 0.3) is 21.3 Å². The first-order valence-electron chi connectivity index (χ1n) is 5.28. The summed E-state index contributed by atoms with van der Waals surface area (Å²) in [4.78, 5) is 18.9. The van der Waals surface area contributed by atoms with E-state index < -0.39 is 0 Å². The second-order valence-corrected chi connectivity index (χ2v) is 3.57. The van der Waals surface area contributed by atoms with Crippen LogP contribution in [0.3, 0.4) is 0 Å². The Morgan fingerprint density at radius 3 is 3.06 bits per heavy atom. The van der Waals surface area contributed by atoms with E-state index in [1.807, 2.05) is 12.1 Å². The molecule has 1 aromatic heterocycles. The minimum absolute atomic E-state index is 0.0588. The van der Waals surface area contributed by atoms with Gasteiger partial charge in [0.15, 0.2) is 0 Å². The van der Waals surface area contributed by atoms with Crippen molar-refractivity contribution in [1.29, 1.82) is 0 Å². The number of benzene rings is 1. The lowest BCUT2D eigenvalue weighted by molar-refractivity contribution is 0.624. The summed E-state index contributed by atoms with van der Waals surface area (Å²) in [6.45, 7) is 0.894. The molecule has 0 aliphatic rings. The molecule has 0 fully saturated rings. The Hall–Kier alpha value is -2.33. The minimum atomic E-state index is -0.0588. The molecule has 0 saturated heterocycles. The van der Waals surface area contributed by atoms with E-state index in [1.165, 1.54) is 10.9 Å². The Labute approximate surface area is 97.2 Å². The van der Waals surface area contributed by atoms with Crippen LogP contribution in [0.4, 0.5) is 0 Å². The van der Waals surface area contributed by atoms with Crippen molar-refractivity contribution in [3.63, 3.8) is 0 Å². The molecule has 0 N–H and O–H groups in total. The lowest BCUT2D eigenvalue weighted by Crippen LogP contribution is -2.20. The van der Waals surface area contributed by atoms with Crippen molar-refractivity contribution < 1.29 is 0 Å². The van der Waals surface area contributed by atoms with Crippen molar-refractivity contribution >= 4 is 10.9 Å². The molecule has 17 heavy (non-hydrogen) atoms. The van der Waals surface area contributed by atoms with E-state index in [9.17, 15) is 4.79 Å². The Balaban J connectivity index is 2.27. The van der Waals surface area contributed by atoms with Gasteiger partial charge >= 0.3 is 0 Å². The lowest BCUT2D eigenvalue weighted by atomic mass is 10.2. The number of aryl methyl sites for hydroxylation is 1. The minimum Gasteiger partial charge on any atom is -0.299 e. The number of azide groups is 1. The molecule has 0 radical (unpaired) electrons. The van der Waals surface area contributed by atoms with E-state index in [-0.39, 0.29) is 5.56 Å². The molecule has 0 aliphatic carbocycles. The van der Waals surface area contributed by atoms with Crippen LogP contribution in [0.15, 0.2) is 40.5 Å². The molecule has 1 aromatic carbocycles. The second-order valence-electron chi connectivity index (χ2n) is 3.57. The van der Waals surface area contributed by atoms with E-state index in [1.54, 1.807) is 12.1 Å². The highest BCUT2D eigenvalue weighted by Crippen LogP contribution is 2.04. The summed E-state index contributed by atoms with van der Waals surface area (Å²) in [5.74, 6) is 0. The standard InChI is InChI=1S/C11H11N5O/c12-15-14-6-3-7-16-8-13-10-5-2-1-4-9(10)11(16)17/h1-2,4-5,8H,3,6-7H2. The summed E-state index contributed by atoms with van der Waals surface area (Å²) < 4.78 is 1.54. The van der Waals surface area contributed by atoms with E-state index in [0.29, 0.717) is 30.4 Å². The van der Waals surface area contributed by atoms with Gasteiger partial charge in [0.2, 0.25) is 0 Å². The van der Waals surface area contributed by atoms with E-state index in [2.05, 4.69) is 15.0 Å². The van der Waals surface area contributed by atoms with Gasteiger partial charge in [-0.15, -0.1) is 0 Å². The summed E-state index contributed by atoms with van der Waals surface area (Å²) in [6.07, 6.45) is 2.16. The number of hydrogen-bond acceptors (Lipinski definition) is 3. The molecule has 86 valence electrons. The van der Waals surface area contributed by atoms with Gasteiger partial charge in [-0.2, -0.15) is 0 Å². The molecule has 0 aliphatic heterocycles. The number of hydrogen-bond donors (Lipinski definition) is 0. The molecule has 0 unspecified atom stereocenters. The number of rotatable bonds is 4. The molecular weight excluding hydrogens is 218 g/mol. The van der Waals surface area contributed by atoms with Crippen LogP contribution in [-0.2, 0) is 6.54 Å². The van der Waals surface area contributed by atoms with Gasteiger partial charge in [0.05, 0.1) is 17.2 Å². The number of fused-ring (bicyclic) bond motifs is 1. The molecule has 2 aromatic rings. The summed E-state index contributed by atoms with van der Waals surface area (Å²) in [5.41, 5.74) is 8.78. The first-order chi connectivity index (χ1) is 8.33. The van der Waals surface area contributed by atoms with Crippen LogP contribution in [0.1, 0.15) is 6.42 Å². The van der Waals surface area contributed by atoms with Gasteiger partial charge in [0, 0.05) is 18.0 Å². The first kappa shape index (κ1) is 11.2. The molecule has 6 nitrogen and oxygen atoms in total. The van der Waals surface area contributed by atoms with Crippen LogP contribution in [0, 0.1) is 0 Å². The zero-order valence-electron chi connectivity index (χ0n) is 9.15. The summed E-state index contributed by atoms with van der Waals surface area (Å²) in [5, 5.41) is 4.03. The third-order valence-electron chi connectivity index (χ3n) is 2.45. The normalized spacial score (nSPS) is 10.1. The van der Waals surface area contributed by atoms with Gasteiger partial charge in [0.1, 0.15) is 0 Å². The Bertz CT molecular complexity index is 627. The van der Waals surface area contributed by atoms with Crippen molar-refractivity contribution in [2.24, 2.45) is 5.11 Å². The number of aromatic nitrogens is 2. The molecule has 0 atom stereocenters. The number of para-hydroxylation sites is 1. The van der Waals surface area contributed by atoms with Crippen molar-refractivity contribution in [2.45, 2.75) is 13.0 Å². The molecule has 1 heterocycles. The first-order valence-corrected chi connectivity index (χ1v) is 5.28. The highest BCUT2D eigenvalue weighted by Gasteiger charge is 2.02. The number of nitrogens with zero attached hydrogens (tertiary/aromatic N) is 5. The van der Waals surface area contributed by atoms with Gasteiger partial charge in [-0.3, -0.25) is 9.36 Å². The largest absolute Gasteiger partial charge is 0.299 e. The molecule has 0 bridgehead atoms. The zero-order valence-corrected chi connectivity index (χ0v) is 9.15. The highest BCUT2D eigenvalue weighted by atomic mass is 16.1. The second kappa shape index (κ2) is 5.14. The van der Waals surface area contributed by atoms with Gasteiger partial charge in [-0.25, -0.2) is 4.98 Å². The van der Waals surface area contributed by atoms with Crippen LogP contribution in [0.5, 0.6) is 0 Å². The van der Waals surface area contributed by atoms with Crippen LogP contribution < -0.4 is 5.56 Å². The average molecular weight is 229 g/mol. The van der Waals surface area contributed by atoms with E-state index in [0.717, 1.165) is 0 Å². The van der Waals surface area contributed by atoms with Crippen LogP contribution in [-0.4, -0.2) is 16.1 Å². The van der Waals surface area contributed by atoms with Crippen molar-refractivity contribution in [2.75, 3.05) is 6.54 Å². The molecular formula is C11H11N5O. The fourth-order valence-electron chi connectivity index (χ4n) is 1.62. The maximum atomic E-state index is 12.0. The molecule has 2 rings (SSSR count). The molecule has 0 spiro atoms. The maximum Gasteiger partial charge on any atom is 0.261 e. The van der Waals surface area contributed by atoms with E-state index in [4.69, 9.17) is 5.53 Å². The smallest absolute Gasteiger partial charge is 0.261 e. The van der Waals surface area contributed by atoms with E-state index >= 15 is 0 Å². The summed E-state index contributed by atoms with van der Waals surface area (Å²) in [7, 11) is 0. The molecule has 0 amide bonds. The van der Waals surface area contributed by atoms with Crippen LogP contribution in [0.2, 0.25) is 0 Å². The quantitative estimate of drug-likeness (QED) is 0.348. The van der Waals surface area contributed by atoms with Gasteiger partial charge in [0.25, 0.3) is 5.56 Å². The predicted octanol–water partition coefficient (Wildman–Crippen LogP) is 2.10. The molecule has 6 heteroatoms. The monoisotopic (exact) mass is 229 g/mol. The summed E-state index contributed by atoms with van der Waals surface area (Å²) in [6, 6.07) is 7.23. The topological polar surface area (TPSA) is 83.7 Å². The maximum absolute atomic E-state index is 12.0. The Morgan fingerprint density at radius 1 is 1.41 bits per heavy atom. The Kier molecular flexibility index (Phi) is 3.37. The Morgan fingerprint density at radius 2 is 2.24 bits per heavy atom. The lowest BCUT2D eigenvalue weighted by Gasteiger charge is -2.04. The third kappa shape index (κ3) is 2.43. The van der Waals surface area contributed by atoms with Gasteiger partial charge < -0.3 is 0 Å². The summed E-state index contributed by atoms with van der Waals surface area (Å²) >= 11 is 0. The highest BCUT2D eigenvalue weighted by molar-refractivity contribution is 5.76. The zero-order chi connectivity index (χ0) is 12.1. The SMILES string of the molecule is [N-]=[N+]=NCCCn1cnc2ccccc2c1=O. The van der Waals surface area contributed by atoms with Gasteiger partial charge in [-0.05, 0) is 24.1 Å². The van der Waals surface area contributed by atoms with Crippen molar-refractivity contribution in [3.8, 4) is 0 Å². The third-order valence-corrected chi connectivity index (χ3v) is 2.45. The van der Waals surface area contributed by atoms with Crippen molar-refractivity contribution in [1.82, 2.24) is 9.55 Å². The fraction of sp³-hybridized carbons (Fsp3) is 0.273. The fourth-order valence-corrected chi connectivity index (χ4v) is 1.62. The van der Waals surface area contributed by atoms with Crippen LogP contribution >= 0.6 is 0 Å². The molecule has 0 saturated carbocycles.